The minimum Gasteiger partial charge on any atom is -0.168 e. The van der Waals surface area contributed by atoms with Crippen molar-refractivity contribution in [1.29, 1.82) is 0 Å². The highest BCUT2D eigenvalue weighted by molar-refractivity contribution is 7.93. The summed E-state index contributed by atoms with van der Waals surface area (Å²) in [7, 11) is 0. The molecule has 2 aromatic carbocycles. The molecule has 0 saturated carbocycles. The number of halogens is 2. The molecule has 0 N–H and O–H groups in total. The fourth-order valence-electron chi connectivity index (χ4n) is 2.62. The van der Waals surface area contributed by atoms with Gasteiger partial charge < -0.3 is 0 Å². The van der Waals surface area contributed by atoms with Gasteiger partial charge in [0.05, 0.1) is 27.7 Å². The molecule has 0 saturated heterocycles. The molecule has 0 fully saturated rings. The zero-order chi connectivity index (χ0) is 17.0. The van der Waals surface area contributed by atoms with Gasteiger partial charge in [0, 0.05) is 12.0 Å². The molecule has 124 valence electrons. The summed E-state index contributed by atoms with van der Waals surface area (Å²) >= 11 is 14.0. The average molecular weight is 379 g/mol. The number of nitrogens with zero attached hydrogens (tertiary/aromatic N) is 3. The Kier molecular flexibility index (Phi) is 5.61. The summed E-state index contributed by atoms with van der Waals surface area (Å²) in [6.07, 6.45) is 2.76. The van der Waals surface area contributed by atoms with E-state index in [9.17, 15) is 0 Å². The van der Waals surface area contributed by atoms with Crippen LogP contribution >= 0.6 is 35.1 Å². The normalized spacial score (nSPS) is 19.5. The first-order valence-electron chi connectivity index (χ1n) is 7.75. The lowest BCUT2D eigenvalue weighted by atomic mass is 10.2. The highest BCUT2D eigenvalue weighted by Gasteiger charge is 2.38. The number of quaternary nitrogens is 1. The van der Waals surface area contributed by atoms with Gasteiger partial charge in [0.15, 0.2) is 0 Å². The van der Waals surface area contributed by atoms with Gasteiger partial charge in [-0.25, -0.2) is 0 Å². The number of hydrogen-bond acceptors (Lipinski definition) is 3. The summed E-state index contributed by atoms with van der Waals surface area (Å²) in [5.41, 5.74) is 2.39. The third-order valence-electron chi connectivity index (χ3n) is 3.87. The Morgan fingerprint density at radius 1 is 1.00 bits per heavy atom. The van der Waals surface area contributed by atoms with Gasteiger partial charge in [0.25, 0.3) is 0 Å². The van der Waals surface area contributed by atoms with Crippen molar-refractivity contribution in [1.82, 2.24) is 0 Å². The standard InChI is InChI=1S/C18H18Cl2N3S/c1-2-18-22-21-13-23(18,24-12-14-6-4-3-5-7-14)11-15-8-9-16(19)17(20)10-15/h3-10,13H,2,11-12H2,1H3/q+1. The van der Waals surface area contributed by atoms with Gasteiger partial charge in [0.1, 0.15) is 6.54 Å². The quantitative estimate of drug-likeness (QED) is 0.451. The Morgan fingerprint density at radius 3 is 2.50 bits per heavy atom. The molecule has 1 unspecified atom stereocenters. The van der Waals surface area contributed by atoms with Crippen molar-refractivity contribution in [2.24, 2.45) is 10.2 Å². The van der Waals surface area contributed by atoms with Gasteiger partial charge in [-0.1, -0.05) is 76.7 Å². The van der Waals surface area contributed by atoms with Crippen molar-refractivity contribution in [3.8, 4) is 0 Å². The molecule has 0 aliphatic carbocycles. The molecule has 1 aliphatic heterocycles. The molecule has 0 amide bonds. The smallest absolute Gasteiger partial charge is 0.168 e. The number of rotatable bonds is 6. The molecular weight excluding hydrogens is 361 g/mol. The maximum Gasteiger partial charge on any atom is 0.240 e. The van der Waals surface area contributed by atoms with E-state index in [2.05, 4.69) is 41.4 Å². The van der Waals surface area contributed by atoms with Gasteiger partial charge in [0.2, 0.25) is 12.2 Å². The fraction of sp³-hybridized carbons (Fsp3) is 0.222. The lowest BCUT2D eigenvalue weighted by molar-refractivity contribution is -0.599. The van der Waals surface area contributed by atoms with Crippen LogP contribution < -0.4 is 0 Å². The third-order valence-corrected chi connectivity index (χ3v) is 5.97. The first-order valence-corrected chi connectivity index (χ1v) is 9.44. The summed E-state index contributed by atoms with van der Waals surface area (Å²) in [5, 5.41) is 9.68. The van der Waals surface area contributed by atoms with Gasteiger partial charge in [-0.3, -0.25) is 0 Å². The van der Waals surface area contributed by atoms with E-state index < -0.39 is 0 Å². The fourth-order valence-corrected chi connectivity index (χ4v) is 4.17. The molecule has 3 nitrogen and oxygen atoms in total. The summed E-state index contributed by atoms with van der Waals surface area (Å²) in [6, 6.07) is 16.2. The van der Waals surface area contributed by atoms with Crippen LogP contribution in [0.1, 0.15) is 24.5 Å². The molecule has 0 spiro atoms. The number of hydrogen-bond donors (Lipinski definition) is 0. The van der Waals surface area contributed by atoms with E-state index in [0.717, 1.165) is 30.1 Å². The first-order chi connectivity index (χ1) is 11.6. The Hall–Kier alpha value is -1.33. The van der Waals surface area contributed by atoms with Crippen LogP contribution in [0.25, 0.3) is 0 Å². The summed E-state index contributed by atoms with van der Waals surface area (Å²) in [6.45, 7) is 2.85. The summed E-state index contributed by atoms with van der Waals surface area (Å²) in [4.78, 5) is 0. The molecular formula is C18H18Cl2N3S+. The zero-order valence-corrected chi connectivity index (χ0v) is 15.7. The SMILES string of the molecule is CCC1=NN=C[N+]1(Cc1ccc(Cl)c(Cl)c1)SCc1ccccc1. The van der Waals surface area contributed by atoms with E-state index in [4.69, 9.17) is 23.2 Å². The number of benzene rings is 2. The molecule has 24 heavy (non-hydrogen) atoms. The molecule has 0 radical (unpaired) electrons. The Bertz CT molecular complexity index is 777. The van der Waals surface area contributed by atoms with Crippen molar-refractivity contribution in [3.63, 3.8) is 0 Å². The maximum absolute atomic E-state index is 6.18. The molecule has 0 aromatic heterocycles. The van der Waals surface area contributed by atoms with Crippen LogP contribution in [-0.4, -0.2) is 16.1 Å². The van der Waals surface area contributed by atoms with Gasteiger partial charge in [-0.15, -0.1) is 0 Å². The van der Waals surface area contributed by atoms with Crippen LogP contribution in [0.4, 0.5) is 0 Å². The highest BCUT2D eigenvalue weighted by Crippen LogP contribution is 2.34. The van der Waals surface area contributed by atoms with E-state index in [0.29, 0.717) is 13.9 Å². The van der Waals surface area contributed by atoms with Crippen molar-refractivity contribution >= 4 is 47.3 Å². The largest absolute Gasteiger partial charge is 0.240 e. The maximum atomic E-state index is 6.18. The molecule has 6 heteroatoms. The van der Waals surface area contributed by atoms with Crippen LogP contribution in [0.15, 0.2) is 58.7 Å². The molecule has 1 aliphatic rings. The Morgan fingerprint density at radius 2 is 1.79 bits per heavy atom. The van der Waals surface area contributed by atoms with Gasteiger partial charge in [-0.2, -0.15) is 3.89 Å². The van der Waals surface area contributed by atoms with Crippen molar-refractivity contribution < 1.29 is 3.89 Å². The van der Waals surface area contributed by atoms with E-state index in [1.54, 1.807) is 11.9 Å². The third kappa shape index (κ3) is 3.83. The van der Waals surface area contributed by atoms with E-state index >= 15 is 0 Å². The molecule has 0 bridgehead atoms. The van der Waals surface area contributed by atoms with Crippen LogP contribution in [-0.2, 0) is 12.3 Å². The molecule has 3 rings (SSSR count). The second kappa shape index (κ2) is 7.70. The first kappa shape index (κ1) is 17.5. The number of amidine groups is 1. The molecule has 2 aromatic rings. The van der Waals surface area contributed by atoms with Crippen LogP contribution in [0.5, 0.6) is 0 Å². The topological polar surface area (TPSA) is 24.7 Å². The van der Waals surface area contributed by atoms with Gasteiger partial charge in [-0.05, 0) is 17.7 Å². The van der Waals surface area contributed by atoms with Crippen molar-refractivity contribution in [2.45, 2.75) is 25.6 Å². The monoisotopic (exact) mass is 378 g/mol. The lowest BCUT2D eigenvalue weighted by Gasteiger charge is -2.28. The zero-order valence-electron chi connectivity index (χ0n) is 13.3. The van der Waals surface area contributed by atoms with Crippen LogP contribution in [0, 0.1) is 0 Å². The van der Waals surface area contributed by atoms with E-state index in [-0.39, 0.29) is 0 Å². The van der Waals surface area contributed by atoms with Crippen LogP contribution in [0.3, 0.4) is 0 Å². The summed E-state index contributed by atoms with van der Waals surface area (Å²) < 4.78 is 0.559. The van der Waals surface area contributed by atoms with E-state index in [1.165, 1.54) is 5.56 Å². The molecule has 1 heterocycles. The molecule has 1 atom stereocenters. The minimum atomic E-state index is 0.559. The average Bonchev–Trinajstić information content (AvgIpc) is 3.00. The second-order valence-electron chi connectivity index (χ2n) is 5.56. The Labute approximate surface area is 156 Å². The van der Waals surface area contributed by atoms with Gasteiger partial charge >= 0.3 is 0 Å². The van der Waals surface area contributed by atoms with Crippen molar-refractivity contribution in [2.75, 3.05) is 0 Å². The summed E-state index contributed by atoms with van der Waals surface area (Å²) in [5.74, 6) is 1.93. The second-order valence-corrected chi connectivity index (χ2v) is 7.57. The predicted octanol–water partition coefficient (Wildman–Crippen LogP) is 5.92. The van der Waals surface area contributed by atoms with Crippen LogP contribution in [0.2, 0.25) is 10.0 Å². The predicted molar refractivity (Wildman–Crippen MR) is 104 cm³/mol. The Balaban J connectivity index is 1.84. The van der Waals surface area contributed by atoms with E-state index in [1.807, 2.05) is 30.6 Å². The van der Waals surface area contributed by atoms with Crippen molar-refractivity contribution in [3.05, 3.63) is 69.7 Å². The minimum absolute atomic E-state index is 0.559. The highest BCUT2D eigenvalue weighted by atomic mass is 35.5. The lowest BCUT2D eigenvalue weighted by Crippen LogP contribution is -2.42.